The number of likely N-dealkylation sites (tertiary alicyclic amines) is 1. The van der Waals surface area contributed by atoms with Gasteiger partial charge in [0.25, 0.3) is 5.91 Å². The molecular formula is C29H33ClN2O4. The number of halogens is 1. The van der Waals surface area contributed by atoms with E-state index in [1.807, 2.05) is 25.1 Å². The number of hydrogen-bond acceptors (Lipinski definition) is 5. The molecule has 1 amide bonds. The van der Waals surface area contributed by atoms with Crippen molar-refractivity contribution in [3.05, 3.63) is 69.9 Å². The Balaban J connectivity index is 1.02. The number of benzene rings is 2. The molecule has 7 heteroatoms. The van der Waals surface area contributed by atoms with E-state index >= 15 is 0 Å². The Morgan fingerprint density at radius 2 is 1.83 bits per heavy atom. The van der Waals surface area contributed by atoms with E-state index in [2.05, 4.69) is 10.2 Å². The van der Waals surface area contributed by atoms with E-state index in [-0.39, 0.29) is 17.7 Å². The number of rotatable bonds is 9. The molecule has 36 heavy (non-hydrogen) atoms. The maximum atomic E-state index is 13.0. The summed E-state index contributed by atoms with van der Waals surface area (Å²) in [7, 11) is 0. The van der Waals surface area contributed by atoms with Crippen LogP contribution in [0.15, 0.2) is 53.8 Å². The number of nitrogens with zero attached hydrogens (tertiary/aromatic N) is 1. The molecule has 0 atom stereocenters. The van der Waals surface area contributed by atoms with Gasteiger partial charge in [-0.15, -0.1) is 0 Å². The predicted molar refractivity (Wildman–Crippen MR) is 140 cm³/mol. The molecule has 0 spiro atoms. The summed E-state index contributed by atoms with van der Waals surface area (Å²) in [5, 5.41) is 3.77. The first kappa shape index (κ1) is 24.8. The maximum absolute atomic E-state index is 13.0. The molecule has 2 aromatic carbocycles. The topological polar surface area (TPSA) is 67.9 Å². The molecule has 1 aliphatic carbocycles. The van der Waals surface area contributed by atoms with Crippen molar-refractivity contribution in [1.29, 1.82) is 0 Å². The first-order valence-electron chi connectivity index (χ1n) is 13.0. The molecule has 1 saturated heterocycles. The summed E-state index contributed by atoms with van der Waals surface area (Å²) in [5.74, 6) is 2.13. The van der Waals surface area contributed by atoms with Crippen molar-refractivity contribution >= 4 is 23.3 Å². The molecule has 2 aliphatic heterocycles. The van der Waals surface area contributed by atoms with E-state index in [4.69, 9.17) is 21.1 Å². The predicted octanol–water partition coefficient (Wildman–Crippen LogP) is 5.65. The van der Waals surface area contributed by atoms with E-state index < -0.39 is 0 Å². The number of fused-ring (bicyclic) bond motifs is 1. The maximum Gasteiger partial charge on any atom is 0.251 e. The summed E-state index contributed by atoms with van der Waals surface area (Å²) in [6.45, 7) is 5.52. The first-order chi connectivity index (χ1) is 17.5. The highest BCUT2D eigenvalue weighted by Gasteiger charge is 2.36. The third kappa shape index (κ3) is 5.76. The highest BCUT2D eigenvalue weighted by molar-refractivity contribution is 6.30. The van der Waals surface area contributed by atoms with Crippen LogP contribution in [0.5, 0.6) is 11.5 Å². The third-order valence-electron chi connectivity index (χ3n) is 7.34. The van der Waals surface area contributed by atoms with E-state index in [1.54, 1.807) is 24.3 Å². The molecule has 1 N–H and O–H groups in total. The van der Waals surface area contributed by atoms with Gasteiger partial charge < -0.3 is 19.7 Å². The molecule has 2 heterocycles. The molecule has 0 bridgehead atoms. The summed E-state index contributed by atoms with van der Waals surface area (Å²) in [6.07, 6.45) is 6.11. The fourth-order valence-electron chi connectivity index (χ4n) is 4.96. The Hall–Kier alpha value is -2.83. The molecule has 2 fully saturated rings. The number of allylic oxidation sites excluding steroid dienone is 2. The van der Waals surface area contributed by atoms with Crippen molar-refractivity contribution in [2.75, 3.05) is 26.2 Å². The molecule has 0 unspecified atom stereocenters. The van der Waals surface area contributed by atoms with Crippen molar-refractivity contribution in [2.24, 2.45) is 5.92 Å². The van der Waals surface area contributed by atoms with Crippen molar-refractivity contribution in [1.82, 2.24) is 10.2 Å². The Morgan fingerprint density at radius 1 is 1.08 bits per heavy atom. The van der Waals surface area contributed by atoms with Gasteiger partial charge in [-0.2, -0.15) is 0 Å². The molecule has 1 saturated carbocycles. The highest BCUT2D eigenvalue weighted by atomic mass is 35.5. The lowest BCUT2D eigenvalue weighted by molar-refractivity contribution is 0.0909. The highest BCUT2D eigenvalue weighted by Crippen LogP contribution is 2.43. The number of hydrogen-bond donors (Lipinski definition) is 1. The Morgan fingerprint density at radius 3 is 2.56 bits per heavy atom. The molecule has 2 aromatic rings. The lowest BCUT2D eigenvalue weighted by Gasteiger charge is -2.32. The standard InChI is InChI=1S/C29H33ClN2O4/c1-19(20-7-8-20)28-27(33)26-24(5-4-6-25(26)36-28)35-18-3-2-15-32-16-13-23(14-17-32)31-29(34)21-9-11-22(30)12-10-21/h4-6,9-12,20,23H,2-3,7-8,13-18H2,1H3,(H,31,34)/b28-19-. The molecule has 5 rings (SSSR count). The van der Waals surface area contributed by atoms with Crippen LogP contribution in [-0.2, 0) is 0 Å². The number of carbonyl (C=O) groups excluding carboxylic acids is 2. The molecule has 0 radical (unpaired) electrons. The molecular weight excluding hydrogens is 476 g/mol. The van der Waals surface area contributed by atoms with E-state index in [0.717, 1.165) is 63.7 Å². The second-order valence-electron chi connectivity index (χ2n) is 10.00. The zero-order valence-electron chi connectivity index (χ0n) is 20.7. The minimum absolute atomic E-state index is 0.0381. The number of piperidine rings is 1. The van der Waals surface area contributed by atoms with Gasteiger partial charge >= 0.3 is 0 Å². The Kier molecular flexibility index (Phi) is 7.63. The number of nitrogens with one attached hydrogen (secondary N) is 1. The van der Waals surface area contributed by atoms with E-state index in [9.17, 15) is 9.59 Å². The molecule has 6 nitrogen and oxygen atoms in total. The van der Waals surface area contributed by atoms with E-state index in [1.165, 1.54) is 0 Å². The number of carbonyl (C=O) groups is 2. The summed E-state index contributed by atoms with van der Waals surface area (Å²) in [4.78, 5) is 27.8. The van der Waals surface area contributed by atoms with Gasteiger partial charge in [-0.05, 0) is 99.9 Å². The lowest BCUT2D eigenvalue weighted by Crippen LogP contribution is -2.44. The number of amides is 1. The summed E-state index contributed by atoms with van der Waals surface area (Å²) < 4.78 is 11.9. The van der Waals surface area contributed by atoms with Crippen LogP contribution < -0.4 is 14.8 Å². The zero-order chi connectivity index (χ0) is 25.1. The van der Waals surface area contributed by atoms with Crippen LogP contribution in [0, 0.1) is 5.92 Å². The molecule has 3 aliphatic rings. The lowest BCUT2D eigenvalue weighted by atomic mass is 10.0. The van der Waals surface area contributed by atoms with Gasteiger partial charge in [0, 0.05) is 29.7 Å². The number of ether oxygens (including phenoxy) is 2. The fraction of sp³-hybridized carbons (Fsp3) is 0.448. The van der Waals surface area contributed by atoms with Crippen LogP contribution in [0.25, 0.3) is 0 Å². The van der Waals surface area contributed by atoms with Crippen molar-refractivity contribution < 1.29 is 19.1 Å². The molecule has 190 valence electrons. The van der Waals surface area contributed by atoms with Crippen LogP contribution in [0.1, 0.15) is 66.2 Å². The van der Waals surface area contributed by atoms with Crippen molar-refractivity contribution in [2.45, 2.75) is 51.5 Å². The number of Topliss-reactive ketones (excluding diaryl/α,β-unsaturated/α-hetero) is 1. The van der Waals surface area contributed by atoms with Crippen LogP contribution in [0.4, 0.5) is 0 Å². The van der Waals surface area contributed by atoms with Gasteiger partial charge in [-0.25, -0.2) is 0 Å². The van der Waals surface area contributed by atoms with Gasteiger partial charge in [-0.1, -0.05) is 17.7 Å². The fourth-order valence-corrected chi connectivity index (χ4v) is 5.09. The minimum Gasteiger partial charge on any atom is -0.493 e. The van der Waals surface area contributed by atoms with Crippen LogP contribution in [0.2, 0.25) is 5.02 Å². The van der Waals surface area contributed by atoms with E-state index in [0.29, 0.717) is 45.9 Å². The van der Waals surface area contributed by atoms with Crippen molar-refractivity contribution in [3.63, 3.8) is 0 Å². The van der Waals surface area contributed by atoms with Gasteiger partial charge in [0.2, 0.25) is 5.78 Å². The van der Waals surface area contributed by atoms with Crippen LogP contribution in [0.3, 0.4) is 0 Å². The number of ketones is 1. The largest absolute Gasteiger partial charge is 0.493 e. The second-order valence-corrected chi connectivity index (χ2v) is 10.4. The Bertz CT molecular complexity index is 1150. The summed E-state index contributed by atoms with van der Waals surface area (Å²) >= 11 is 5.91. The minimum atomic E-state index is -0.0453. The first-order valence-corrected chi connectivity index (χ1v) is 13.4. The van der Waals surface area contributed by atoms with Gasteiger partial charge in [0.05, 0.1) is 6.61 Å². The monoisotopic (exact) mass is 508 g/mol. The Labute approximate surface area is 217 Å². The second kappa shape index (κ2) is 11.1. The molecule has 0 aromatic heterocycles. The van der Waals surface area contributed by atoms with Crippen LogP contribution >= 0.6 is 11.6 Å². The smallest absolute Gasteiger partial charge is 0.251 e. The summed E-state index contributed by atoms with van der Waals surface area (Å²) in [5.41, 5.74) is 2.27. The number of unbranched alkanes of at least 4 members (excludes halogenated alkanes) is 1. The van der Waals surface area contributed by atoms with Gasteiger partial charge in [0.15, 0.2) is 5.76 Å². The van der Waals surface area contributed by atoms with Crippen LogP contribution in [-0.4, -0.2) is 48.9 Å². The van der Waals surface area contributed by atoms with Crippen molar-refractivity contribution in [3.8, 4) is 11.5 Å². The quantitative estimate of drug-likeness (QED) is 0.350. The van der Waals surface area contributed by atoms with Gasteiger partial charge in [-0.3, -0.25) is 9.59 Å². The normalized spacial score (nSPS) is 19.6. The summed E-state index contributed by atoms with van der Waals surface area (Å²) in [6, 6.07) is 12.8. The average molecular weight is 509 g/mol. The zero-order valence-corrected chi connectivity index (χ0v) is 21.5. The average Bonchev–Trinajstić information content (AvgIpc) is 3.68. The van der Waals surface area contributed by atoms with Gasteiger partial charge in [0.1, 0.15) is 17.1 Å². The SMILES string of the molecule is C/C(=C1/Oc2cccc(OCCCCN3CCC(NC(=O)c4ccc(Cl)cc4)CC3)c2C1=O)C1CC1. The third-order valence-corrected chi connectivity index (χ3v) is 7.59.